The van der Waals surface area contributed by atoms with E-state index in [0.717, 1.165) is 6.07 Å². The number of amides is 2. The molecule has 0 aliphatic rings. The van der Waals surface area contributed by atoms with E-state index in [-0.39, 0.29) is 17.1 Å². The van der Waals surface area contributed by atoms with E-state index in [9.17, 15) is 14.0 Å². The molecule has 0 bridgehead atoms. The van der Waals surface area contributed by atoms with Crippen molar-refractivity contribution in [2.24, 2.45) is 5.10 Å². The first-order chi connectivity index (χ1) is 11.0. The van der Waals surface area contributed by atoms with Gasteiger partial charge in [0.2, 0.25) is 0 Å². The molecule has 0 saturated heterocycles. The summed E-state index contributed by atoms with van der Waals surface area (Å²) < 4.78 is 18.8. The van der Waals surface area contributed by atoms with Crippen LogP contribution in [0.4, 0.5) is 4.39 Å². The van der Waals surface area contributed by atoms with E-state index in [1.165, 1.54) is 18.3 Å². The predicted molar refractivity (Wildman–Crippen MR) is 82.9 cm³/mol. The fourth-order valence-electron chi connectivity index (χ4n) is 1.69. The zero-order valence-corrected chi connectivity index (χ0v) is 12.9. The summed E-state index contributed by atoms with van der Waals surface area (Å²) in [5.74, 6) is -0.933. The van der Waals surface area contributed by atoms with E-state index < -0.39 is 17.6 Å². The highest BCUT2D eigenvalue weighted by Crippen LogP contribution is 2.18. The lowest BCUT2D eigenvalue weighted by atomic mass is 10.2. The number of aryl methyl sites for hydroxylation is 1. The van der Waals surface area contributed by atoms with Gasteiger partial charge in [-0.2, -0.15) is 5.10 Å². The summed E-state index contributed by atoms with van der Waals surface area (Å²) >= 11 is 5.76. The van der Waals surface area contributed by atoms with Crippen LogP contribution in [0.2, 0.25) is 5.02 Å². The van der Waals surface area contributed by atoms with E-state index >= 15 is 0 Å². The molecule has 0 aliphatic carbocycles. The number of halogens is 2. The van der Waals surface area contributed by atoms with Gasteiger partial charge in [0.25, 0.3) is 11.8 Å². The van der Waals surface area contributed by atoms with Gasteiger partial charge in [-0.15, -0.1) is 0 Å². The van der Waals surface area contributed by atoms with Crippen molar-refractivity contribution in [1.29, 1.82) is 0 Å². The Bertz CT molecular complexity index is 738. The first-order valence-corrected chi connectivity index (χ1v) is 6.95. The van der Waals surface area contributed by atoms with Crippen molar-refractivity contribution in [3.8, 4) is 0 Å². The standard InChI is InChI=1S/C15H13ClFN3O3/c1-9-5-6-10(23-9)7-19-20-13(21)8-18-15(22)14-11(16)3-2-4-12(14)17/h2-7H,8H2,1H3,(H,18,22)(H,20,21)/b19-7+. The van der Waals surface area contributed by atoms with Crippen LogP contribution in [0.5, 0.6) is 0 Å². The number of nitrogens with zero attached hydrogens (tertiary/aromatic N) is 1. The van der Waals surface area contributed by atoms with Gasteiger partial charge in [-0.3, -0.25) is 9.59 Å². The Morgan fingerprint density at radius 3 is 2.78 bits per heavy atom. The lowest BCUT2D eigenvalue weighted by Crippen LogP contribution is -2.35. The molecule has 8 heteroatoms. The van der Waals surface area contributed by atoms with Gasteiger partial charge in [-0.05, 0) is 31.2 Å². The van der Waals surface area contributed by atoms with Crippen LogP contribution in [0.15, 0.2) is 39.9 Å². The summed E-state index contributed by atoms with van der Waals surface area (Å²) in [5.41, 5.74) is 1.90. The fraction of sp³-hybridized carbons (Fsp3) is 0.133. The Labute approximate surface area is 136 Å². The number of nitrogens with one attached hydrogen (secondary N) is 2. The average molecular weight is 338 g/mol. The predicted octanol–water partition coefficient (Wildman–Crippen LogP) is 2.26. The largest absolute Gasteiger partial charge is 0.460 e. The highest BCUT2D eigenvalue weighted by molar-refractivity contribution is 6.33. The molecular formula is C15H13ClFN3O3. The minimum atomic E-state index is -0.783. The molecule has 1 heterocycles. The minimum absolute atomic E-state index is 0.0332. The summed E-state index contributed by atoms with van der Waals surface area (Å²) in [4.78, 5) is 23.4. The second-order valence-corrected chi connectivity index (χ2v) is 4.93. The zero-order valence-electron chi connectivity index (χ0n) is 12.1. The third-order valence-electron chi connectivity index (χ3n) is 2.74. The van der Waals surface area contributed by atoms with Crippen LogP contribution >= 0.6 is 11.6 Å². The molecule has 23 heavy (non-hydrogen) atoms. The van der Waals surface area contributed by atoms with Crippen LogP contribution in [0.3, 0.4) is 0 Å². The molecule has 2 aromatic rings. The summed E-state index contributed by atoms with van der Waals surface area (Å²) in [7, 11) is 0. The van der Waals surface area contributed by atoms with E-state index in [4.69, 9.17) is 16.0 Å². The highest BCUT2D eigenvalue weighted by Gasteiger charge is 2.16. The number of hydrazone groups is 1. The molecule has 2 rings (SSSR count). The lowest BCUT2D eigenvalue weighted by molar-refractivity contribution is -0.120. The van der Waals surface area contributed by atoms with Crippen LogP contribution in [0.25, 0.3) is 0 Å². The Morgan fingerprint density at radius 1 is 1.35 bits per heavy atom. The molecule has 0 fully saturated rings. The maximum atomic E-state index is 13.5. The molecule has 2 amide bonds. The molecule has 0 aliphatic heterocycles. The van der Waals surface area contributed by atoms with Gasteiger partial charge in [0.15, 0.2) is 0 Å². The number of benzene rings is 1. The smallest absolute Gasteiger partial charge is 0.259 e. The number of hydrogen-bond acceptors (Lipinski definition) is 4. The molecule has 1 aromatic heterocycles. The molecular weight excluding hydrogens is 325 g/mol. The van der Waals surface area contributed by atoms with Crippen molar-refractivity contribution >= 4 is 29.6 Å². The molecule has 1 aromatic carbocycles. The number of hydrogen-bond donors (Lipinski definition) is 2. The Morgan fingerprint density at radius 2 is 2.13 bits per heavy atom. The van der Waals surface area contributed by atoms with Crippen LogP contribution in [0, 0.1) is 12.7 Å². The fourth-order valence-corrected chi connectivity index (χ4v) is 1.94. The van der Waals surface area contributed by atoms with Crippen molar-refractivity contribution in [2.75, 3.05) is 6.54 Å². The highest BCUT2D eigenvalue weighted by atomic mass is 35.5. The molecule has 0 radical (unpaired) electrons. The van der Waals surface area contributed by atoms with E-state index in [2.05, 4.69) is 15.8 Å². The van der Waals surface area contributed by atoms with Crippen molar-refractivity contribution < 1.29 is 18.4 Å². The van der Waals surface area contributed by atoms with E-state index in [0.29, 0.717) is 11.5 Å². The molecule has 0 saturated carbocycles. The Kier molecular flexibility index (Phi) is 5.48. The van der Waals surface area contributed by atoms with Crippen LogP contribution in [-0.2, 0) is 4.79 Å². The molecule has 0 unspecified atom stereocenters. The quantitative estimate of drug-likeness (QED) is 0.648. The third-order valence-corrected chi connectivity index (χ3v) is 3.06. The van der Waals surface area contributed by atoms with Gasteiger partial charge in [0.1, 0.15) is 17.3 Å². The topological polar surface area (TPSA) is 83.7 Å². The number of carbonyl (C=O) groups is 2. The van der Waals surface area contributed by atoms with Crippen molar-refractivity contribution in [3.05, 3.63) is 58.3 Å². The molecule has 6 nitrogen and oxygen atoms in total. The molecule has 0 atom stereocenters. The van der Waals surface area contributed by atoms with Crippen LogP contribution in [0.1, 0.15) is 21.9 Å². The first kappa shape index (κ1) is 16.7. The normalized spacial score (nSPS) is 10.7. The van der Waals surface area contributed by atoms with Gasteiger partial charge in [-0.1, -0.05) is 17.7 Å². The number of furan rings is 1. The van der Waals surface area contributed by atoms with Gasteiger partial charge < -0.3 is 9.73 Å². The monoisotopic (exact) mass is 337 g/mol. The van der Waals surface area contributed by atoms with E-state index in [1.807, 2.05) is 0 Å². The second kappa shape index (κ2) is 7.55. The summed E-state index contributed by atoms with van der Waals surface area (Å²) in [5, 5.41) is 5.90. The summed E-state index contributed by atoms with van der Waals surface area (Å²) in [6.07, 6.45) is 1.32. The van der Waals surface area contributed by atoms with Gasteiger partial charge in [0.05, 0.1) is 23.3 Å². The maximum absolute atomic E-state index is 13.5. The Balaban J connectivity index is 1.84. The number of rotatable bonds is 5. The maximum Gasteiger partial charge on any atom is 0.259 e. The van der Waals surface area contributed by atoms with Crippen LogP contribution in [-0.4, -0.2) is 24.6 Å². The van der Waals surface area contributed by atoms with E-state index in [1.54, 1.807) is 19.1 Å². The van der Waals surface area contributed by atoms with Crippen molar-refractivity contribution in [2.45, 2.75) is 6.92 Å². The Hall–Kier alpha value is -2.67. The van der Waals surface area contributed by atoms with Gasteiger partial charge in [0, 0.05) is 0 Å². The molecule has 2 N–H and O–H groups in total. The third kappa shape index (κ3) is 4.65. The van der Waals surface area contributed by atoms with Gasteiger partial charge in [-0.25, -0.2) is 9.82 Å². The zero-order chi connectivity index (χ0) is 16.8. The van der Waals surface area contributed by atoms with Crippen LogP contribution < -0.4 is 10.7 Å². The second-order valence-electron chi connectivity index (χ2n) is 4.52. The van der Waals surface area contributed by atoms with Crippen molar-refractivity contribution in [1.82, 2.24) is 10.7 Å². The van der Waals surface area contributed by atoms with Gasteiger partial charge >= 0.3 is 0 Å². The summed E-state index contributed by atoms with van der Waals surface area (Å²) in [6, 6.07) is 7.31. The first-order valence-electron chi connectivity index (χ1n) is 6.58. The average Bonchev–Trinajstić information content (AvgIpc) is 2.90. The van der Waals surface area contributed by atoms with Crippen molar-refractivity contribution in [3.63, 3.8) is 0 Å². The summed E-state index contributed by atoms with van der Waals surface area (Å²) in [6.45, 7) is 1.40. The number of carbonyl (C=O) groups excluding carboxylic acids is 2. The molecule has 120 valence electrons. The molecule has 0 spiro atoms. The lowest BCUT2D eigenvalue weighted by Gasteiger charge is -2.06. The SMILES string of the molecule is Cc1ccc(/C=N/NC(=O)CNC(=O)c2c(F)cccc2Cl)o1. The minimum Gasteiger partial charge on any atom is -0.460 e.